The van der Waals surface area contributed by atoms with Crippen LogP contribution in [0.25, 0.3) is 17.0 Å². The van der Waals surface area contributed by atoms with E-state index in [-0.39, 0.29) is 0 Å². The van der Waals surface area contributed by atoms with Crippen molar-refractivity contribution in [3.63, 3.8) is 0 Å². The number of H-pyrrole nitrogens is 1. The quantitative estimate of drug-likeness (QED) is 0.777. The minimum absolute atomic E-state index is 0.861. The summed E-state index contributed by atoms with van der Waals surface area (Å²) in [5, 5.41) is 9.84. The van der Waals surface area contributed by atoms with Crippen molar-refractivity contribution in [1.82, 2.24) is 4.98 Å². The number of rotatable bonds is 2. The second-order valence-corrected chi connectivity index (χ2v) is 4.28. The first kappa shape index (κ1) is 11.5. The highest BCUT2D eigenvalue weighted by atomic mass is 16.4. The molecule has 1 aromatic heterocycles. The van der Waals surface area contributed by atoms with E-state index in [0.717, 1.165) is 22.9 Å². The summed E-state index contributed by atoms with van der Waals surface area (Å²) in [6.45, 7) is 6.11. The van der Waals surface area contributed by atoms with Crippen LogP contribution >= 0.6 is 0 Å². The number of carbonyl (C=O) groups is 1. The van der Waals surface area contributed by atoms with Gasteiger partial charge in [0.1, 0.15) is 0 Å². The largest absolute Gasteiger partial charge is 0.478 e. The normalized spacial score (nSPS) is 11.5. The third-order valence-electron chi connectivity index (χ3n) is 3.05. The van der Waals surface area contributed by atoms with Crippen LogP contribution in [0.1, 0.15) is 22.4 Å². The van der Waals surface area contributed by atoms with E-state index >= 15 is 0 Å². The first-order valence-electron chi connectivity index (χ1n) is 5.50. The first-order valence-corrected chi connectivity index (χ1v) is 5.50. The molecule has 2 rings (SSSR count). The number of carboxylic acids is 1. The van der Waals surface area contributed by atoms with Crippen molar-refractivity contribution in [2.24, 2.45) is 0 Å². The Kier molecular flexibility index (Phi) is 2.76. The summed E-state index contributed by atoms with van der Waals surface area (Å²) in [6, 6.07) is 4.15. The van der Waals surface area contributed by atoms with Crippen LogP contribution in [0.5, 0.6) is 0 Å². The molecule has 3 nitrogen and oxygen atoms in total. The maximum atomic E-state index is 10.5. The van der Waals surface area contributed by atoms with Gasteiger partial charge in [0.05, 0.1) is 0 Å². The van der Waals surface area contributed by atoms with Crippen LogP contribution in [0.4, 0.5) is 0 Å². The third kappa shape index (κ3) is 1.96. The molecule has 0 atom stereocenters. The fourth-order valence-electron chi connectivity index (χ4n) is 2.14. The Morgan fingerprint density at radius 3 is 2.47 bits per heavy atom. The van der Waals surface area contributed by atoms with Crippen LogP contribution in [0.2, 0.25) is 0 Å². The zero-order valence-corrected chi connectivity index (χ0v) is 10.2. The zero-order chi connectivity index (χ0) is 12.6. The monoisotopic (exact) mass is 229 g/mol. The number of benzene rings is 1. The van der Waals surface area contributed by atoms with Gasteiger partial charge in [-0.15, -0.1) is 0 Å². The summed E-state index contributed by atoms with van der Waals surface area (Å²) in [4.78, 5) is 13.8. The molecular weight excluding hydrogens is 214 g/mol. The number of aryl methyl sites for hydroxylation is 3. The van der Waals surface area contributed by atoms with Crippen molar-refractivity contribution < 1.29 is 9.90 Å². The predicted octanol–water partition coefficient (Wildman–Crippen LogP) is 3.19. The highest BCUT2D eigenvalue weighted by Crippen LogP contribution is 2.28. The molecule has 0 spiro atoms. The molecule has 0 aliphatic heterocycles. The van der Waals surface area contributed by atoms with E-state index in [9.17, 15) is 4.79 Å². The van der Waals surface area contributed by atoms with E-state index in [1.54, 1.807) is 6.08 Å². The molecular formula is C14H15NO2. The van der Waals surface area contributed by atoms with Gasteiger partial charge in [0, 0.05) is 22.7 Å². The summed E-state index contributed by atoms with van der Waals surface area (Å²) in [5.41, 5.74) is 5.42. The topological polar surface area (TPSA) is 53.1 Å². The van der Waals surface area contributed by atoms with Crippen LogP contribution in [0.3, 0.4) is 0 Å². The van der Waals surface area contributed by atoms with Crippen LogP contribution in [0, 0.1) is 20.8 Å². The van der Waals surface area contributed by atoms with Gasteiger partial charge in [-0.25, -0.2) is 4.79 Å². The van der Waals surface area contributed by atoms with Gasteiger partial charge < -0.3 is 10.1 Å². The number of hydrogen-bond acceptors (Lipinski definition) is 1. The van der Waals surface area contributed by atoms with Gasteiger partial charge in [-0.2, -0.15) is 0 Å². The smallest absolute Gasteiger partial charge is 0.328 e. The molecule has 3 heteroatoms. The second-order valence-electron chi connectivity index (χ2n) is 4.28. The van der Waals surface area contributed by atoms with Gasteiger partial charge in [0.25, 0.3) is 0 Å². The lowest BCUT2D eigenvalue weighted by Crippen LogP contribution is -1.86. The molecule has 0 saturated carbocycles. The Balaban J connectivity index is 2.68. The van der Waals surface area contributed by atoms with Crippen molar-refractivity contribution in [3.05, 3.63) is 40.6 Å². The molecule has 0 bridgehead atoms. The summed E-state index contributed by atoms with van der Waals surface area (Å²) in [6.07, 6.45) is 2.76. The number of aliphatic carboxylic acids is 1. The van der Waals surface area contributed by atoms with Crippen molar-refractivity contribution in [2.75, 3.05) is 0 Å². The molecule has 2 aromatic rings. The Morgan fingerprint density at radius 2 is 1.88 bits per heavy atom. The summed E-state index contributed by atoms with van der Waals surface area (Å²) in [5.74, 6) is -0.934. The number of hydrogen-bond donors (Lipinski definition) is 2. The standard InChI is InChI=1S/C14H15NO2/c1-8-4-5-9(2)14-13(8)10(3)11(15-14)6-7-12(16)17/h4-7,15H,1-3H3,(H,16,17)/b7-6+. The molecule has 0 fully saturated rings. The lowest BCUT2D eigenvalue weighted by atomic mass is 10.0. The van der Waals surface area contributed by atoms with Crippen molar-refractivity contribution in [3.8, 4) is 0 Å². The molecule has 17 heavy (non-hydrogen) atoms. The van der Waals surface area contributed by atoms with Crippen LogP contribution in [-0.4, -0.2) is 16.1 Å². The van der Waals surface area contributed by atoms with E-state index in [1.807, 2.05) is 13.8 Å². The summed E-state index contributed by atoms with van der Waals surface area (Å²) >= 11 is 0. The van der Waals surface area contributed by atoms with Gasteiger partial charge in [-0.1, -0.05) is 12.1 Å². The molecule has 0 saturated heterocycles. The van der Waals surface area contributed by atoms with Crippen molar-refractivity contribution >= 4 is 22.9 Å². The molecule has 0 aliphatic carbocycles. The van der Waals surface area contributed by atoms with Gasteiger partial charge in [0.2, 0.25) is 0 Å². The minimum Gasteiger partial charge on any atom is -0.478 e. The van der Waals surface area contributed by atoms with E-state index in [2.05, 4.69) is 24.0 Å². The molecule has 0 radical (unpaired) electrons. The van der Waals surface area contributed by atoms with Crippen LogP contribution in [-0.2, 0) is 4.79 Å². The molecule has 0 unspecified atom stereocenters. The summed E-state index contributed by atoms with van der Waals surface area (Å²) < 4.78 is 0. The Labute approximate surface area is 99.8 Å². The van der Waals surface area contributed by atoms with Gasteiger partial charge in [-0.05, 0) is 43.5 Å². The third-order valence-corrected chi connectivity index (χ3v) is 3.05. The summed E-state index contributed by atoms with van der Waals surface area (Å²) in [7, 11) is 0. The average Bonchev–Trinajstić information content (AvgIpc) is 2.60. The van der Waals surface area contributed by atoms with Crippen molar-refractivity contribution in [1.29, 1.82) is 0 Å². The number of nitrogens with one attached hydrogen (secondary N) is 1. The highest BCUT2D eigenvalue weighted by Gasteiger charge is 2.09. The molecule has 2 N–H and O–H groups in total. The fourth-order valence-corrected chi connectivity index (χ4v) is 2.14. The van der Waals surface area contributed by atoms with E-state index in [0.29, 0.717) is 0 Å². The Morgan fingerprint density at radius 1 is 1.24 bits per heavy atom. The maximum Gasteiger partial charge on any atom is 0.328 e. The lowest BCUT2D eigenvalue weighted by molar-refractivity contribution is -0.131. The highest BCUT2D eigenvalue weighted by molar-refractivity contribution is 5.93. The second kappa shape index (κ2) is 4.09. The molecule has 0 aliphatic rings. The van der Waals surface area contributed by atoms with Crippen LogP contribution < -0.4 is 0 Å². The van der Waals surface area contributed by atoms with Gasteiger partial charge >= 0.3 is 5.97 Å². The van der Waals surface area contributed by atoms with E-state index < -0.39 is 5.97 Å². The van der Waals surface area contributed by atoms with Crippen LogP contribution in [0.15, 0.2) is 18.2 Å². The Hall–Kier alpha value is -2.03. The number of fused-ring (bicyclic) bond motifs is 1. The molecule has 88 valence electrons. The van der Waals surface area contributed by atoms with Gasteiger partial charge in [-0.3, -0.25) is 0 Å². The first-order chi connectivity index (χ1) is 8.00. The molecule has 1 aromatic carbocycles. The Bertz CT molecular complexity index is 621. The predicted molar refractivity (Wildman–Crippen MR) is 69.2 cm³/mol. The van der Waals surface area contributed by atoms with E-state index in [1.165, 1.54) is 16.5 Å². The number of aromatic nitrogens is 1. The van der Waals surface area contributed by atoms with Gasteiger partial charge in [0.15, 0.2) is 0 Å². The number of aromatic amines is 1. The SMILES string of the molecule is Cc1ccc(C)c2c(C)c(/C=C/C(=O)O)[nH]c12. The van der Waals surface area contributed by atoms with Crippen molar-refractivity contribution in [2.45, 2.75) is 20.8 Å². The number of carboxylic acid groups (broad SMARTS) is 1. The minimum atomic E-state index is -0.934. The molecule has 0 amide bonds. The fraction of sp³-hybridized carbons (Fsp3) is 0.214. The molecule has 1 heterocycles. The zero-order valence-electron chi connectivity index (χ0n) is 10.2. The van der Waals surface area contributed by atoms with E-state index in [4.69, 9.17) is 5.11 Å². The lowest BCUT2D eigenvalue weighted by Gasteiger charge is -2.00. The average molecular weight is 229 g/mol. The maximum absolute atomic E-state index is 10.5.